The Bertz CT molecular complexity index is 1110. The second kappa shape index (κ2) is 9.95. The molecule has 0 fully saturated rings. The Kier molecular flexibility index (Phi) is 7.07. The van der Waals surface area contributed by atoms with Crippen molar-refractivity contribution in [3.8, 4) is 5.75 Å². The number of amides is 2. The van der Waals surface area contributed by atoms with Crippen LogP contribution in [0.5, 0.6) is 5.75 Å². The predicted molar refractivity (Wildman–Crippen MR) is 124 cm³/mol. The highest BCUT2D eigenvalue weighted by molar-refractivity contribution is 5.95. The average Bonchev–Trinajstić information content (AvgIpc) is 2.83. The van der Waals surface area contributed by atoms with Crippen LogP contribution in [0, 0.1) is 10.1 Å². The first-order chi connectivity index (χ1) is 15.8. The monoisotopic (exact) mass is 447 g/mol. The molecule has 0 saturated carbocycles. The van der Waals surface area contributed by atoms with Gasteiger partial charge in [-0.05, 0) is 24.1 Å². The van der Waals surface area contributed by atoms with Crippen molar-refractivity contribution in [2.75, 3.05) is 7.11 Å². The number of non-ortho nitro benzene ring substituents is 1. The summed E-state index contributed by atoms with van der Waals surface area (Å²) in [4.78, 5) is 36.6. The standard InChI is InChI=1S/C25H25N3O5/c1-25(18-9-5-3-6-10-18,19-11-7-4-8-12-19)24(30)27-21(23(26)29)16-17-15-20(28(31)32)13-14-22(17)33-2/h3-15,21H,16H2,1-2H3,(H2,26,29)(H,27,30)/t21-/m0/s1. The van der Waals surface area contributed by atoms with Crippen molar-refractivity contribution in [3.63, 3.8) is 0 Å². The lowest BCUT2D eigenvalue weighted by atomic mass is 9.75. The molecule has 0 unspecified atom stereocenters. The molecule has 0 radical (unpaired) electrons. The molecule has 33 heavy (non-hydrogen) atoms. The molecule has 8 heteroatoms. The van der Waals surface area contributed by atoms with Gasteiger partial charge in [0.2, 0.25) is 11.8 Å². The van der Waals surface area contributed by atoms with Crippen LogP contribution in [0.1, 0.15) is 23.6 Å². The Morgan fingerprint density at radius 1 is 1.03 bits per heavy atom. The number of nitro benzene ring substituents is 1. The summed E-state index contributed by atoms with van der Waals surface area (Å²) in [6.45, 7) is 1.78. The normalized spacial score (nSPS) is 11.9. The molecule has 0 heterocycles. The maximum Gasteiger partial charge on any atom is 0.269 e. The van der Waals surface area contributed by atoms with E-state index in [0.29, 0.717) is 11.3 Å². The maximum atomic E-state index is 13.6. The highest BCUT2D eigenvalue weighted by Gasteiger charge is 2.38. The van der Waals surface area contributed by atoms with E-state index in [9.17, 15) is 19.7 Å². The van der Waals surface area contributed by atoms with Crippen LogP contribution >= 0.6 is 0 Å². The van der Waals surface area contributed by atoms with Crippen molar-refractivity contribution in [1.29, 1.82) is 0 Å². The van der Waals surface area contributed by atoms with Crippen molar-refractivity contribution in [1.82, 2.24) is 5.32 Å². The largest absolute Gasteiger partial charge is 0.496 e. The Labute approximate surface area is 191 Å². The minimum atomic E-state index is -1.11. The van der Waals surface area contributed by atoms with E-state index in [4.69, 9.17) is 10.5 Å². The zero-order valence-corrected chi connectivity index (χ0v) is 18.4. The molecule has 0 aliphatic heterocycles. The molecule has 8 nitrogen and oxygen atoms in total. The van der Waals surface area contributed by atoms with Crippen LogP contribution < -0.4 is 15.8 Å². The van der Waals surface area contributed by atoms with Gasteiger partial charge < -0.3 is 15.8 Å². The molecular formula is C25H25N3O5. The zero-order valence-electron chi connectivity index (χ0n) is 18.4. The number of hydrogen-bond acceptors (Lipinski definition) is 5. The third-order valence-corrected chi connectivity index (χ3v) is 5.70. The van der Waals surface area contributed by atoms with Gasteiger partial charge in [0.05, 0.1) is 17.4 Å². The first-order valence-electron chi connectivity index (χ1n) is 10.3. The van der Waals surface area contributed by atoms with Crippen molar-refractivity contribution in [2.24, 2.45) is 5.73 Å². The van der Waals surface area contributed by atoms with Gasteiger partial charge in [0.15, 0.2) is 0 Å². The summed E-state index contributed by atoms with van der Waals surface area (Å²) in [5.74, 6) is -0.830. The number of nitrogens with one attached hydrogen (secondary N) is 1. The van der Waals surface area contributed by atoms with E-state index in [-0.39, 0.29) is 12.1 Å². The van der Waals surface area contributed by atoms with Gasteiger partial charge in [-0.3, -0.25) is 19.7 Å². The number of ether oxygens (including phenoxy) is 1. The number of primary amides is 1. The summed E-state index contributed by atoms with van der Waals surface area (Å²) in [5, 5.41) is 14.0. The van der Waals surface area contributed by atoms with Crippen molar-refractivity contribution < 1.29 is 19.2 Å². The molecule has 0 bridgehead atoms. The molecule has 3 N–H and O–H groups in total. The van der Waals surface area contributed by atoms with E-state index in [1.54, 1.807) is 6.92 Å². The molecule has 0 aromatic heterocycles. The van der Waals surface area contributed by atoms with E-state index in [1.807, 2.05) is 60.7 Å². The molecule has 0 spiro atoms. The third kappa shape index (κ3) is 5.01. The smallest absolute Gasteiger partial charge is 0.269 e. The Hall–Kier alpha value is -4.20. The van der Waals surface area contributed by atoms with Gasteiger partial charge in [-0.1, -0.05) is 60.7 Å². The van der Waals surface area contributed by atoms with Crippen LogP contribution in [0.4, 0.5) is 5.69 Å². The van der Waals surface area contributed by atoms with Crippen LogP contribution in [-0.2, 0) is 21.4 Å². The Morgan fingerprint density at radius 3 is 2.03 bits per heavy atom. The van der Waals surface area contributed by atoms with Crippen LogP contribution in [0.15, 0.2) is 78.9 Å². The highest BCUT2D eigenvalue weighted by atomic mass is 16.6. The highest BCUT2D eigenvalue weighted by Crippen LogP contribution is 2.33. The molecule has 0 saturated heterocycles. The van der Waals surface area contributed by atoms with Crippen molar-refractivity contribution in [3.05, 3.63) is 106 Å². The van der Waals surface area contributed by atoms with E-state index in [0.717, 1.165) is 11.1 Å². The van der Waals surface area contributed by atoms with Crippen molar-refractivity contribution in [2.45, 2.75) is 24.8 Å². The van der Waals surface area contributed by atoms with Crippen LogP contribution in [-0.4, -0.2) is 29.9 Å². The summed E-state index contributed by atoms with van der Waals surface area (Å²) < 4.78 is 5.28. The Balaban J connectivity index is 1.97. The van der Waals surface area contributed by atoms with Gasteiger partial charge in [-0.15, -0.1) is 0 Å². The van der Waals surface area contributed by atoms with Crippen molar-refractivity contribution >= 4 is 17.5 Å². The number of nitro groups is 1. The summed E-state index contributed by atoms with van der Waals surface area (Å²) >= 11 is 0. The molecule has 1 atom stereocenters. The maximum absolute atomic E-state index is 13.6. The third-order valence-electron chi connectivity index (χ3n) is 5.70. The van der Waals surface area contributed by atoms with E-state index >= 15 is 0 Å². The summed E-state index contributed by atoms with van der Waals surface area (Å²) in [7, 11) is 1.42. The van der Waals surface area contributed by atoms with Crippen LogP contribution in [0.2, 0.25) is 0 Å². The zero-order chi connectivity index (χ0) is 24.0. The summed E-state index contributed by atoms with van der Waals surface area (Å²) in [6, 6.07) is 21.4. The molecule has 3 aromatic rings. The summed E-state index contributed by atoms with van der Waals surface area (Å²) in [5.41, 5.74) is 6.22. The second-order valence-corrected chi connectivity index (χ2v) is 7.74. The fourth-order valence-electron chi connectivity index (χ4n) is 3.76. The quantitative estimate of drug-likeness (QED) is 0.385. The molecule has 2 amide bonds. The fourth-order valence-corrected chi connectivity index (χ4v) is 3.76. The number of benzene rings is 3. The number of carbonyl (C=O) groups is 2. The average molecular weight is 447 g/mol. The minimum Gasteiger partial charge on any atom is -0.496 e. The number of carbonyl (C=O) groups excluding carboxylic acids is 2. The molecule has 0 aliphatic carbocycles. The Morgan fingerprint density at radius 2 is 1.58 bits per heavy atom. The number of nitrogens with zero attached hydrogens (tertiary/aromatic N) is 1. The molecule has 3 rings (SSSR count). The van der Waals surface area contributed by atoms with Gasteiger partial charge >= 0.3 is 0 Å². The first-order valence-corrected chi connectivity index (χ1v) is 10.3. The lowest BCUT2D eigenvalue weighted by Gasteiger charge is -2.31. The fraction of sp³-hybridized carbons (Fsp3) is 0.200. The number of methoxy groups -OCH3 is 1. The summed E-state index contributed by atoms with van der Waals surface area (Å²) in [6.07, 6.45) is -0.0639. The molecule has 170 valence electrons. The van der Waals surface area contributed by atoms with E-state index < -0.39 is 28.2 Å². The lowest BCUT2D eigenvalue weighted by Crippen LogP contribution is -2.52. The predicted octanol–water partition coefficient (Wildman–Crippen LogP) is 3.12. The molecule has 0 aliphatic rings. The first kappa shape index (κ1) is 23.5. The topological polar surface area (TPSA) is 125 Å². The second-order valence-electron chi connectivity index (χ2n) is 7.74. The number of hydrogen-bond donors (Lipinski definition) is 2. The minimum absolute atomic E-state index is 0.0639. The van der Waals surface area contributed by atoms with Gasteiger partial charge in [-0.25, -0.2) is 0 Å². The lowest BCUT2D eigenvalue weighted by molar-refractivity contribution is -0.384. The van der Waals surface area contributed by atoms with Gasteiger partial charge in [0.1, 0.15) is 11.8 Å². The SMILES string of the molecule is COc1ccc([N+](=O)[O-])cc1C[C@H](NC(=O)C(C)(c1ccccc1)c1ccccc1)C(N)=O. The van der Waals surface area contributed by atoms with Gasteiger partial charge in [0, 0.05) is 24.1 Å². The van der Waals surface area contributed by atoms with Gasteiger partial charge in [0.25, 0.3) is 5.69 Å². The van der Waals surface area contributed by atoms with E-state index in [2.05, 4.69) is 5.32 Å². The van der Waals surface area contributed by atoms with Crippen LogP contribution in [0.3, 0.4) is 0 Å². The molecular weight excluding hydrogens is 422 g/mol. The number of nitrogens with two attached hydrogens (primary N) is 1. The number of rotatable bonds is 9. The van der Waals surface area contributed by atoms with Crippen LogP contribution in [0.25, 0.3) is 0 Å². The van der Waals surface area contributed by atoms with Gasteiger partial charge in [-0.2, -0.15) is 0 Å². The van der Waals surface area contributed by atoms with E-state index in [1.165, 1.54) is 25.3 Å². The molecule has 3 aromatic carbocycles.